The van der Waals surface area contributed by atoms with Crippen LogP contribution >= 0.6 is 15.9 Å². The number of aromatic nitrogens is 2. The van der Waals surface area contributed by atoms with Gasteiger partial charge < -0.3 is 14.5 Å². The van der Waals surface area contributed by atoms with E-state index in [1.54, 1.807) is 0 Å². The van der Waals surface area contributed by atoms with Gasteiger partial charge in [-0.15, -0.1) is 0 Å². The average Bonchev–Trinajstić information content (AvgIpc) is 2.76. The van der Waals surface area contributed by atoms with Gasteiger partial charge in [-0.1, -0.05) is 34.1 Å². The fraction of sp³-hybridized carbons (Fsp3) is 0.524. The highest BCUT2D eigenvalue weighted by Gasteiger charge is 2.25. The van der Waals surface area contributed by atoms with Gasteiger partial charge in [-0.25, -0.2) is 4.98 Å². The minimum Gasteiger partial charge on any atom is -0.378 e. The zero-order chi connectivity index (χ0) is 19.3. The van der Waals surface area contributed by atoms with Crippen LogP contribution in [0.5, 0.6) is 0 Å². The molecule has 0 radical (unpaired) electrons. The van der Waals surface area contributed by atoms with Crippen LogP contribution in [-0.4, -0.2) is 67.4 Å². The molecule has 28 heavy (non-hydrogen) atoms. The van der Waals surface area contributed by atoms with Gasteiger partial charge in [0.2, 0.25) is 5.95 Å². The van der Waals surface area contributed by atoms with Gasteiger partial charge in [0.05, 0.1) is 13.2 Å². The van der Waals surface area contributed by atoms with Crippen molar-refractivity contribution in [3.05, 3.63) is 46.6 Å². The van der Waals surface area contributed by atoms with Crippen LogP contribution in [0.4, 0.5) is 11.8 Å². The molecule has 0 bridgehead atoms. The molecule has 1 aromatic heterocycles. The average molecular weight is 446 g/mol. The first-order valence-corrected chi connectivity index (χ1v) is 10.8. The quantitative estimate of drug-likeness (QED) is 0.703. The first kappa shape index (κ1) is 19.6. The third-order valence-corrected chi connectivity index (χ3v) is 6.43. The largest absolute Gasteiger partial charge is 0.378 e. The molecule has 1 unspecified atom stereocenters. The molecule has 2 aliphatic heterocycles. The number of nitrogens with zero attached hydrogens (tertiary/aromatic N) is 5. The summed E-state index contributed by atoms with van der Waals surface area (Å²) >= 11 is 3.68. The van der Waals surface area contributed by atoms with Gasteiger partial charge in [0.15, 0.2) is 0 Å². The second kappa shape index (κ2) is 9.20. The molecular formula is C21H28BrN5O. The van der Waals surface area contributed by atoms with E-state index in [2.05, 4.69) is 66.9 Å². The summed E-state index contributed by atoms with van der Waals surface area (Å²) in [4.78, 5) is 16.5. The van der Waals surface area contributed by atoms with Crippen molar-refractivity contribution in [2.24, 2.45) is 0 Å². The van der Waals surface area contributed by atoms with E-state index >= 15 is 0 Å². The van der Waals surface area contributed by atoms with E-state index in [4.69, 9.17) is 9.72 Å². The van der Waals surface area contributed by atoms with Crippen molar-refractivity contribution in [2.75, 3.05) is 56.2 Å². The van der Waals surface area contributed by atoms with Gasteiger partial charge in [-0.2, -0.15) is 4.98 Å². The Labute approximate surface area is 175 Å². The van der Waals surface area contributed by atoms with Gasteiger partial charge in [0.25, 0.3) is 0 Å². The molecule has 0 saturated carbocycles. The van der Waals surface area contributed by atoms with Gasteiger partial charge in [-0.3, -0.25) is 4.90 Å². The lowest BCUT2D eigenvalue weighted by molar-refractivity contribution is 0.122. The number of hydrogen-bond donors (Lipinski definition) is 0. The molecule has 2 aromatic rings. The van der Waals surface area contributed by atoms with E-state index in [-0.39, 0.29) is 0 Å². The maximum Gasteiger partial charge on any atom is 0.227 e. The molecule has 2 saturated heterocycles. The molecule has 3 heterocycles. The number of rotatable bonds is 5. The van der Waals surface area contributed by atoms with E-state index < -0.39 is 0 Å². The first-order chi connectivity index (χ1) is 13.7. The summed E-state index contributed by atoms with van der Waals surface area (Å²) in [5.41, 5.74) is 1.34. The smallest absolute Gasteiger partial charge is 0.227 e. The maximum atomic E-state index is 5.46. The van der Waals surface area contributed by atoms with Gasteiger partial charge in [0.1, 0.15) is 5.82 Å². The molecule has 4 rings (SSSR count). The van der Waals surface area contributed by atoms with Gasteiger partial charge in [0, 0.05) is 49.9 Å². The van der Waals surface area contributed by atoms with E-state index in [0.29, 0.717) is 6.04 Å². The second-order valence-corrected chi connectivity index (χ2v) is 8.40. The van der Waals surface area contributed by atoms with E-state index in [0.717, 1.165) is 57.7 Å². The van der Waals surface area contributed by atoms with Crippen LogP contribution in [0, 0.1) is 0 Å². The van der Waals surface area contributed by atoms with Crippen molar-refractivity contribution < 1.29 is 4.74 Å². The van der Waals surface area contributed by atoms with Crippen molar-refractivity contribution in [1.82, 2.24) is 14.9 Å². The lowest BCUT2D eigenvalue weighted by atomic mass is 10.0. The molecule has 2 aliphatic rings. The molecule has 1 aromatic carbocycles. The Kier molecular flexibility index (Phi) is 6.44. The summed E-state index contributed by atoms with van der Waals surface area (Å²) in [5, 5.41) is 0. The zero-order valence-electron chi connectivity index (χ0n) is 16.4. The lowest BCUT2D eigenvalue weighted by Crippen LogP contribution is -2.47. The molecule has 0 aliphatic carbocycles. The van der Waals surface area contributed by atoms with Crippen LogP contribution < -0.4 is 9.80 Å². The fourth-order valence-electron chi connectivity index (χ4n) is 4.00. The summed E-state index contributed by atoms with van der Waals surface area (Å²) in [6.07, 6.45) is 4.25. The summed E-state index contributed by atoms with van der Waals surface area (Å²) in [7, 11) is 2.13. The molecular weight excluding hydrogens is 418 g/mol. The van der Waals surface area contributed by atoms with Crippen molar-refractivity contribution in [3.63, 3.8) is 0 Å². The predicted octanol–water partition coefficient (Wildman–Crippen LogP) is 3.18. The molecule has 7 heteroatoms. The summed E-state index contributed by atoms with van der Waals surface area (Å²) < 4.78 is 6.65. The number of morpholine rings is 1. The Hall–Kier alpha value is -1.70. The number of likely N-dealkylation sites (N-methyl/N-ethyl adjacent to an activating group) is 1. The van der Waals surface area contributed by atoms with Crippen LogP contribution in [0.3, 0.4) is 0 Å². The van der Waals surface area contributed by atoms with E-state index in [9.17, 15) is 0 Å². The predicted molar refractivity (Wildman–Crippen MR) is 116 cm³/mol. The van der Waals surface area contributed by atoms with Crippen LogP contribution in [0.2, 0.25) is 0 Å². The first-order valence-electron chi connectivity index (χ1n) is 10.0. The Morgan fingerprint density at radius 2 is 2.00 bits per heavy atom. The summed E-state index contributed by atoms with van der Waals surface area (Å²) in [5.74, 6) is 1.82. The highest BCUT2D eigenvalue weighted by molar-refractivity contribution is 9.10. The van der Waals surface area contributed by atoms with Crippen molar-refractivity contribution in [1.29, 1.82) is 0 Å². The summed E-state index contributed by atoms with van der Waals surface area (Å²) in [6, 6.07) is 10.9. The molecule has 6 nitrogen and oxygen atoms in total. The third kappa shape index (κ3) is 4.64. The van der Waals surface area contributed by atoms with Crippen LogP contribution in [-0.2, 0) is 11.3 Å². The SMILES string of the molecule is CN(c1nccc(N2CCOCC2)n1)C1CCCN(Cc2ccccc2Br)C1. The molecule has 0 spiro atoms. The van der Waals surface area contributed by atoms with Crippen LogP contribution in [0.25, 0.3) is 0 Å². The third-order valence-electron chi connectivity index (χ3n) is 5.66. The molecule has 1 atom stereocenters. The molecule has 0 amide bonds. The van der Waals surface area contributed by atoms with Crippen molar-refractivity contribution >= 4 is 27.7 Å². The fourth-order valence-corrected chi connectivity index (χ4v) is 4.41. The number of benzene rings is 1. The number of ether oxygens (including phenoxy) is 1. The standard InChI is InChI=1S/C21H28BrN5O/c1-25(21-23-9-8-20(24-21)27-11-13-28-14-12-27)18-6-4-10-26(16-18)15-17-5-2-3-7-19(17)22/h2-3,5,7-9,18H,4,6,10-16H2,1H3. The molecule has 2 fully saturated rings. The lowest BCUT2D eigenvalue weighted by Gasteiger charge is -2.38. The Morgan fingerprint density at radius 1 is 1.18 bits per heavy atom. The van der Waals surface area contributed by atoms with E-state index in [1.807, 2.05) is 12.3 Å². The second-order valence-electron chi connectivity index (χ2n) is 7.55. The number of likely N-dealkylation sites (tertiary alicyclic amines) is 1. The number of piperidine rings is 1. The van der Waals surface area contributed by atoms with E-state index in [1.165, 1.54) is 22.9 Å². The Balaban J connectivity index is 1.42. The minimum atomic E-state index is 0.427. The maximum absolute atomic E-state index is 5.46. The Morgan fingerprint density at radius 3 is 2.82 bits per heavy atom. The normalized spacial score (nSPS) is 20.9. The van der Waals surface area contributed by atoms with Crippen LogP contribution in [0.15, 0.2) is 41.0 Å². The van der Waals surface area contributed by atoms with Crippen molar-refractivity contribution in [2.45, 2.75) is 25.4 Å². The number of hydrogen-bond acceptors (Lipinski definition) is 6. The van der Waals surface area contributed by atoms with Crippen molar-refractivity contribution in [3.8, 4) is 0 Å². The monoisotopic (exact) mass is 445 g/mol. The molecule has 150 valence electrons. The van der Waals surface area contributed by atoms with Gasteiger partial charge in [-0.05, 0) is 37.1 Å². The highest BCUT2D eigenvalue weighted by atomic mass is 79.9. The molecule has 0 N–H and O–H groups in total. The Bertz CT molecular complexity index is 783. The number of anilines is 2. The minimum absolute atomic E-state index is 0.427. The zero-order valence-corrected chi connectivity index (χ0v) is 18.0. The topological polar surface area (TPSA) is 44.7 Å². The van der Waals surface area contributed by atoms with Gasteiger partial charge >= 0.3 is 0 Å². The highest BCUT2D eigenvalue weighted by Crippen LogP contribution is 2.24. The summed E-state index contributed by atoms with van der Waals surface area (Å²) in [6.45, 7) is 6.46. The van der Waals surface area contributed by atoms with Crippen LogP contribution in [0.1, 0.15) is 18.4 Å². The number of halogens is 1.